The summed E-state index contributed by atoms with van der Waals surface area (Å²) in [4.78, 5) is 52.9. The molecule has 0 atom stereocenters. The summed E-state index contributed by atoms with van der Waals surface area (Å²) in [6.07, 6.45) is 0.342. The van der Waals surface area contributed by atoms with E-state index in [2.05, 4.69) is 15.6 Å². The number of amides is 2. The number of fused-ring (bicyclic) bond motifs is 1. The van der Waals surface area contributed by atoms with Crippen LogP contribution in [0.1, 0.15) is 29.4 Å². The van der Waals surface area contributed by atoms with Crippen LogP contribution in [0.2, 0.25) is 0 Å². The van der Waals surface area contributed by atoms with Crippen LogP contribution in [0.15, 0.2) is 39.9 Å². The lowest BCUT2D eigenvalue weighted by Crippen LogP contribution is -2.37. The molecule has 0 unspecified atom stereocenters. The van der Waals surface area contributed by atoms with E-state index in [1.54, 1.807) is 25.1 Å². The van der Waals surface area contributed by atoms with E-state index in [0.717, 1.165) is 10.1 Å². The summed E-state index contributed by atoms with van der Waals surface area (Å²) in [7, 11) is 2.88. The van der Waals surface area contributed by atoms with Crippen molar-refractivity contribution >= 4 is 34.2 Å². The summed E-state index contributed by atoms with van der Waals surface area (Å²) < 4.78 is 2.21. The Hall–Kier alpha value is -3.75. The van der Waals surface area contributed by atoms with Crippen LogP contribution in [0.4, 0.5) is 11.4 Å². The summed E-state index contributed by atoms with van der Waals surface area (Å²) in [5, 5.41) is 5.74. The van der Waals surface area contributed by atoms with Crippen molar-refractivity contribution in [3.63, 3.8) is 0 Å². The van der Waals surface area contributed by atoms with Gasteiger partial charge >= 0.3 is 5.69 Å². The lowest BCUT2D eigenvalue weighted by molar-refractivity contribution is -0.115. The highest BCUT2D eigenvalue weighted by Crippen LogP contribution is 2.21. The van der Waals surface area contributed by atoms with Crippen LogP contribution in [0.25, 0.3) is 11.0 Å². The second-order valence-electron chi connectivity index (χ2n) is 6.66. The van der Waals surface area contributed by atoms with Crippen LogP contribution < -0.4 is 21.9 Å². The quantitative estimate of drug-likeness (QED) is 0.695. The van der Waals surface area contributed by atoms with Gasteiger partial charge in [0.1, 0.15) is 11.3 Å². The summed E-state index contributed by atoms with van der Waals surface area (Å²) >= 11 is 0. The molecule has 2 aromatic heterocycles. The van der Waals surface area contributed by atoms with Gasteiger partial charge in [0, 0.05) is 31.9 Å². The van der Waals surface area contributed by atoms with Crippen LogP contribution in [-0.4, -0.2) is 25.9 Å². The van der Waals surface area contributed by atoms with Crippen molar-refractivity contribution in [2.24, 2.45) is 14.1 Å². The van der Waals surface area contributed by atoms with Gasteiger partial charge < -0.3 is 10.6 Å². The predicted octanol–water partition coefficient (Wildman–Crippen LogP) is 1.54. The van der Waals surface area contributed by atoms with Gasteiger partial charge in [-0.3, -0.25) is 23.5 Å². The first-order valence-electron chi connectivity index (χ1n) is 9.01. The third-order valence-corrected chi connectivity index (χ3v) is 4.63. The number of carbonyl (C=O) groups is 2. The Balaban J connectivity index is 1.97. The number of pyridine rings is 1. The minimum atomic E-state index is -0.525. The average molecular weight is 395 g/mol. The third-order valence-electron chi connectivity index (χ3n) is 4.63. The standard InChI is InChI=1S/C20H21N5O4/c1-5-16(26)21-12-7-6-11(2)15(10-12)23-18(27)14-9-8-13-17(22-14)24(3)20(29)25(4)19(13)28/h6-10H,5H2,1-4H3,(H,21,26)(H,23,27). The van der Waals surface area contributed by atoms with Crippen molar-refractivity contribution in [1.82, 2.24) is 14.1 Å². The van der Waals surface area contributed by atoms with E-state index in [1.165, 1.54) is 30.8 Å². The Bertz CT molecular complexity index is 1260. The highest BCUT2D eigenvalue weighted by molar-refractivity contribution is 6.04. The zero-order chi connectivity index (χ0) is 21.3. The summed E-state index contributed by atoms with van der Waals surface area (Å²) in [6, 6.07) is 8.10. The number of rotatable bonds is 4. The topological polar surface area (TPSA) is 115 Å². The molecule has 2 heterocycles. The number of nitrogens with zero attached hydrogens (tertiary/aromatic N) is 3. The maximum Gasteiger partial charge on any atom is 0.332 e. The van der Waals surface area contributed by atoms with E-state index >= 15 is 0 Å². The number of carbonyl (C=O) groups excluding carboxylic acids is 2. The molecule has 0 saturated carbocycles. The van der Waals surface area contributed by atoms with Crippen molar-refractivity contribution < 1.29 is 9.59 Å². The van der Waals surface area contributed by atoms with Gasteiger partial charge in [-0.15, -0.1) is 0 Å². The molecule has 9 heteroatoms. The first kappa shape index (κ1) is 20.0. The molecule has 9 nitrogen and oxygen atoms in total. The number of anilines is 2. The van der Waals surface area contributed by atoms with Gasteiger partial charge in [0.15, 0.2) is 0 Å². The number of nitrogens with one attached hydrogen (secondary N) is 2. The first-order valence-corrected chi connectivity index (χ1v) is 9.01. The van der Waals surface area contributed by atoms with Gasteiger partial charge in [-0.25, -0.2) is 9.78 Å². The Labute approximate surface area is 166 Å². The average Bonchev–Trinajstić information content (AvgIpc) is 2.72. The molecular weight excluding hydrogens is 374 g/mol. The molecule has 3 aromatic rings. The molecule has 2 N–H and O–H groups in total. The van der Waals surface area contributed by atoms with Crippen LogP contribution >= 0.6 is 0 Å². The molecule has 0 radical (unpaired) electrons. The molecule has 29 heavy (non-hydrogen) atoms. The monoisotopic (exact) mass is 395 g/mol. The number of aryl methyl sites for hydroxylation is 2. The maximum absolute atomic E-state index is 12.7. The van der Waals surface area contributed by atoms with Crippen LogP contribution in [-0.2, 0) is 18.9 Å². The molecule has 3 rings (SSSR count). The number of hydrogen-bond donors (Lipinski definition) is 2. The minimum Gasteiger partial charge on any atom is -0.326 e. The third kappa shape index (κ3) is 3.79. The van der Waals surface area contributed by atoms with E-state index in [1.807, 2.05) is 6.92 Å². The Morgan fingerprint density at radius 2 is 1.76 bits per heavy atom. The molecule has 0 spiro atoms. The van der Waals surface area contributed by atoms with Gasteiger partial charge in [-0.05, 0) is 36.8 Å². The summed E-state index contributed by atoms with van der Waals surface area (Å²) in [5.41, 5.74) is 1.07. The fourth-order valence-electron chi connectivity index (χ4n) is 2.85. The molecule has 0 aliphatic heterocycles. The largest absolute Gasteiger partial charge is 0.332 e. The smallest absolute Gasteiger partial charge is 0.326 e. The number of benzene rings is 1. The molecule has 0 fully saturated rings. The minimum absolute atomic E-state index is 0.0585. The molecule has 0 bridgehead atoms. The van der Waals surface area contributed by atoms with E-state index in [9.17, 15) is 19.2 Å². The SMILES string of the molecule is CCC(=O)Nc1ccc(C)c(NC(=O)c2ccc3c(=O)n(C)c(=O)n(C)c3n2)c1. The maximum atomic E-state index is 12.7. The first-order chi connectivity index (χ1) is 13.7. The van der Waals surface area contributed by atoms with Crippen LogP contribution in [0, 0.1) is 6.92 Å². The van der Waals surface area contributed by atoms with E-state index in [4.69, 9.17) is 0 Å². The van der Waals surface area contributed by atoms with Gasteiger partial charge in [0.05, 0.1) is 5.39 Å². The second kappa shape index (κ2) is 7.70. The molecule has 150 valence electrons. The van der Waals surface area contributed by atoms with Crippen LogP contribution in [0.5, 0.6) is 0 Å². The molecule has 0 aliphatic carbocycles. The van der Waals surface area contributed by atoms with Gasteiger partial charge in [0.25, 0.3) is 11.5 Å². The van der Waals surface area contributed by atoms with Crippen LogP contribution in [0.3, 0.4) is 0 Å². The normalized spacial score (nSPS) is 10.8. The van der Waals surface area contributed by atoms with E-state index < -0.39 is 17.2 Å². The van der Waals surface area contributed by atoms with Crippen molar-refractivity contribution in [3.05, 3.63) is 62.4 Å². The Morgan fingerprint density at radius 3 is 2.45 bits per heavy atom. The van der Waals surface area contributed by atoms with Gasteiger partial charge in [-0.2, -0.15) is 0 Å². The fourth-order valence-corrected chi connectivity index (χ4v) is 2.85. The predicted molar refractivity (Wildman–Crippen MR) is 110 cm³/mol. The zero-order valence-electron chi connectivity index (χ0n) is 16.6. The van der Waals surface area contributed by atoms with Gasteiger partial charge in [0.2, 0.25) is 5.91 Å². The molecule has 0 saturated heterocycles. The van der Waals surface area contributed by atoms with E-state index in [0.29, 0.717) is 17.8 Å². The lowest BCUT2D eigenvalue weighted by atomic mass is 10.1. The Kier molecular flexibility index (Phi) is 5.31. The number of aromatic nitrogens is 3. The lowest BCUT2D eigenvalue weighted by Gasteiger charge is -2.12. The van der Waals surface area contributed by atoms with Crippen molar-refractivity contribution in [3.8, 4) is 0 Å². The molecular formula is C20H21N5O4. The summed E-state index contributed by atoms with van der Waals surface area (Å²) in [6.45, 7) is 3.57. The van der Waals surface area contributed by atoms with Crippen molar-refractivity contribution in [1.29, 1.82) is 0 Å². The van der Waals surface area contributed by atoms with Crippen molar-refractivity contribution in [2.75, 3.05) is 10.6 Å². The molecule has 2 amide bonds. The summed E-state index contributed by atoms with van der Waals surface area (Å²) in [5.74, 6) is -0.632. The Morgan fingerprint density at radius 1 is 1.03 bits per heavy atom. The number of hydrogen-bond acceptors (Lipinski definition) is 5. The second-order valence-corrected chi connectivity index (χ2v) is 6.66. The molecule has 0 aliphatic rings. The highest BCUT2D eigenvalue weighted by Gasteiger charge is 2.15. The fraction of sp³-hybridized carbons (Fsp3) is 0.250. The molecule has 1 aromatic carbocycles. The zero-order valence-corrected chi connectivity index (χ0v) is 16.6. The highest BCUT2D eigenvalue weighted by atomic mass is 16.2. The van der Waals surface area contributed by atoms with Crippen molar-refractivity contribution in [2.45, 2.75) is 20.3 Å². The van der Waals surface area contributed by atoms with E-state index in [-0.39, 0.29) is 22.6 Å². The van der Waals surface area contributed by atoms with Gasteiger partial charge in [-0.1, -0.05) is 13.0 Å².